The molecular weight excluding hydrogens is 334 g/mol. The van der Waals surface area contributed by atoms with E-state index < -0.39 is 0 Å². The molecule has 0 aliphatic carbocycles. The van der Waals surface area contributed by atoms with Gasteiger partial charge in [-0.2, -0.15) is 0 Å². The van der Waals surface area contributed by atoms with E-state index in [4.69, 9.17) is 0 Å². The Morgan fingerprint density at radius 3 is 2.80 bits per heavy atom. The lowest BCUT2D eigenvalue weighted by Crippen LogP contribution is -2.04. The molecule has 0 aliphatic heterocycles. The summed E-state index contributed by atoms with van der Waals surface area (Å²) in [5.41, 5.74) is 2.32. The van der Waals surface area contributed by atoms with Crippen molar-refractivity contribution in [3.63, 3.8) is 0 Å². The predicted molar refractivity (Wildman–Crippen MR) is 87.5 cm³/mol. The number of aromatic nitrogens is 1. The van der Waals surface area contributed by atoms with Crippen LogP contribution >= 0.6 is 27.3 Å². The fourth-order valence-electron chi connectivity index (χ4n) is 2.55. The summed E-state index contributed by atoms with van der Waals surface area (Å²) in [4.78, 5) is 16.2. The van der Waals surface area contributed by atoms with Gasteiger partial charge in [-0.3, -0.25) is 4.79 Å². The monoisotopic (exact) mass is 347 g/mol. The van der Waals surface area contributed by atoms with Crippen LogP contribution in [0.25, 0.3) is 10.9 Å². The minimum atomic E-state index is 0.125. The minimum absolute atomic E-state index is 0.125. The number of hydrogen-bond acceptors (Lipinski definition) is 2. The number of aromatic amines is 1. The van der Waals surface area contributed by atoms with Gasteiger partial charge in [0.2, 0.25) is 0 Å². The second-order valence-corrected chi connectivity index (χ2v) is 7.38. The molecule has 2 aromatic heterocycles. The molecule has 0 radical (unpaired) electrons. The van der Waals surface area contributed by atoms with Gasteiger partial charge in [-0.1, -0.05) is 18.2 Å². The lowest BCUT2D eigenvalue weighted by molar-refractivity contribution is -0.117. The number of hydrogen-bond donors (Lipinski definition) is 1. The smallest absolute Gasteiger partial charge is 0.130 e. The van der Waals surface area contributed by atoms with Gasteiger partial charge in [0.25, 0.3) is 0 Å². The van der Waals surface area contributed by atoms with E-state index in [-0.39, 0.29) is 11.7 Å². The van der Waals surface area contributed by atoms with E-state index in [2.05, 4.69) is 39.1 Å². The summed E-state index contributed by atoms with van der Waals surface area (Å²) in [5, 5.41) is 1.20. The van der Waals surface area contributed by atoms with E-state index in [9.17, 15) is 4.79 Å². The number of thiophene rings is 1. The second kappa shape index (κ2) is 5.54. The Bertz CT molecular complexity index is 759. The minimum Gasteiger partial charge on any atom is -0.361 e. The Labute approximate surface area is 130 Å². The first kappa shape index (κ1) is 13.6. The van der Waals surface area contributed by atoms with Crippen LogP contribution in [0.3, 0.4) is 0 Å². The van der Waals surface area contributed by atoms with E-state index in [1.54, 1.807) is 18.3 Å². The number of halogens is 1. The van der Waals surface area contributed by atoms with Gasteiger partial charge < -0.3 is 4.98 Å². The molecule has 4 heteroatoms. The molecule has 0 unspecified atom stereocenters. The zero-order valence-corrected chi connectivity index (χ0v) is 13.4. The summed E-state index contributed by atoms with van der Waals surface area (Å²) in [7, 11) is 0. The molecule has 0 fully saturated rings. The number of rotatable bonds is 4. The van der Waals surface area contributed by atoms with Crippen LogP contribution in [0.4, 0.5) is 0 Å². The zero-order valence-electron chi connectivity index (χ0n) is 11.0. The predicted octanol–water partition coefficient (Wildman–Crippen LogP) is 5.10. The van der Waals surface area contributed by atoms with Crippen molar-refractivity contribution >= 4 is 44.0 Å². The van der Waals surface area contributed by atoms with Gasteiger partial charge >= 0.3 is 0 Å². The van der Waals surface area contributed by atoms with Crippen LogP contribution in [-0.4, -0.2) is 10.8 Å². The van der Waals surface area contributed by atoms with Crippen LogP contribution in [-0.2, 0) is 4.79 Å². The van der Waals surface area contributed by atoms with Gasteiger partial charge in [-0.15, -0.1) is 11.3 Å². The largest absolute Gasteiger partial charge is 0.361 e. The highest BCUT2D eigenvalue weighted by molar-refractivity contribution is 9.11. The van der Waals surface area contributed by atoms with Crippen LogP contribution in [0, 0.1) is 0 Å². The van der Waals surface area contributed by atoms with Crippen LogP contribution in [0.15, 0.2) is 46.4 Å². The highest BCUT2D eigenvalue weighted by Crippen LogP contribution is 2.38. The summed E-state index contributed by atoms with van der Waals surface area (Å²) in [6, 6.07) is 12.4. The van der Waals surface area contributed by atoms with E-state index in [1.165, 1.54) is 15.8 Å². The maximum atomic E-state index is 11.6. The van der Waals surface area contributed by atoms with Crippen molar-refractivity contribution in [3.05, 3.63) is 56.8 Å². The molecule has 0 spiro atoms. The Balaban J connectivity index is 2.11. The van der Waals surface area contributed by atoms with Gasteiger partial charge in [0, 0.05) is 34.3 Å². The molecule has 2 heterocycles. The fourth-order valence-corrected chi connectivity index (χ4v) is 4.09. The van der Waals surface area contributed by atoms with Crippen molar-refractivity contribution in [2.24, 2.45) is 0 Å². The Morgan fingerprint density at radius 1 is 1.30 bits per heavy atom. The van der Waals surface area contributed by atoms with E-state index in [0.717, 1.165) is 9.30 Å². The maximum Gasteiger partial charge on any atom is 0.130 e. The molecule has 2 nitrogen and oxygen atoms in total. The van der Waals surface area contributed by atoms with E-state index >= 15 is 0 Å². The third-order valence-electron chi connectivity index (χ3n) is 3.43. The normalized spacial score (nSPS) is 12.7. The number of fused-ring (bicyclic) bond motifs is 1. The molecule has 102 valence electrons. The standard InChI is InChI=1S/C16H14BrNOS/c1-10(19)8-12(15-6-7-16(17)20-15)13-9-18-14-5-3-2-4-11(13)14/h2-7,9,12,18H,8H2,1H3/t12-/m1/s1. The molecule has 3 rings (SSSR count). The third-order valence-corrected chi connectivity index (χ3v) is 5.16. The number of carbonyl (C=O) groups excluding carboxylic acids is 1. The second-order valence-electron chi connectivity index (χ2n) is 4.89. The van der Waals surface area contributed by atoms with E-state index in [0.29, 0.717) is 6.42 Å². The molecule has 0 saturated heterocycles. The highest BCUT2D eigenvalue weighted by atomic mass is 79.9. The van der Waals surface area contributed by atoms with Gasteiger partial charge in [0.1, 0.15) is 5.78 Å². The SMILES string of the molecule is CC(=O)C[C@@H](c1ccc(Br)s1)c1c[nH]c2ccccc12. The van der Waals surface area contributed by atoms with Gasteiger partial charge in [-0.05, 0) is 46.6 Å². The highest BCUT2D eigenvalue weighted by Gasteiger charge is 2.21. The quantitative estimate of drug-likeness (QED) is 0.699. The molecule has 0 aliphatic rings. The number of carbonyl (C=O) groups is 1. The van der Waals surface area contributed by atoms with Gasteiger partial charge in [-0.25, -0.2) is 0 Å². The maximum absolute atomic E-state index is 11.6. The molecule has 0 saturated carbocycles. The van der Waals surface area contributed by atoms with Gasteiger partial charge in [0.15, 0.2) is 0 Å². The third kappa shape index (κ3) is 2.58. The van der Waals surface area contributed by atoms with Crippen LogP contribution < -0.4 is 0 Å². The molecule has 3 aromatic rings. The van der Waals surface area contributed by atoms with Crippen molar-refractivity contribution in [1.82, 2.24) is 4.98 Å². The number of benzene rings is 1. The first-order valence-corrected chi connectivity index (χ1v) is 8.07. The number of para-hydroxylation sites is 1. The number of Topliss-reactive ketones (excluding diaryl/α,β-unsaturated/α-hetero) is 1. The van der Waals surface area contributed by atoms with Gasteiger partial charge in [0.05, 0.1) is 3.79 Å². The topological polar surface area (TPSA) is 32.9 Å². The fraction of sp³-hybridized carbons (Fsp3) is 0.188. The molecular formula is C16H14BrNOS. The molecule has 0 amide bonds. The number of nitrogens with one attached hydrogen (secondary N) is 1. The Kier molecular flexibility index (Phi) is 3.76. The molecule has 1 aromatic carbocycles. The summed E-state index contributed by atoms with van der Waals surface area (Å²) >= 11 is 5.20. The lowest BCUT2D eigenvalue weighted by atomic mass is 9.92. The summed E-state index contributed by atoms with van der Waals surface area (Å²) in [5.74, 6) is 0.338. The molecule has 20 heavy (non-hydrogen) atoms. The molecule has 1 atom stereocenters. The Hall–Kier alpha value is -1.39. The molecule has 1 N–H and O–H groups in total. The summed E-state index contributed by atoms with van der Waals surface area (Å²) < 4.78 is 1.10. The van der Waals surface area contributed by atoms with Crippen molar-refractivity contribution in [2.75, 3.05) is 0 Å². The van der Waals surface area contributed by atoms with Crippen LogP contribution in [0.1, 0.15) is 29.7 Å². The average Bonchev–Trinajstić information content (AvgIpc) is 3.02. The first-order valence-electron chi connectivity index (χ1n) is 6.46. The average molecular weight is 348 g/mol. The van der Waals surface area contributed by atoms with Crippen molar-refractivity contribution < 1.29 is 4.79 Å². The van der Waals surface area contributed by atoms with Crippen molar-refractivity contribution in [1.29, 1.82) is 0 Å². The zero-order chi connectivity index (χ0) is 14.1. The van der Waals surface area contributed by atoms with Crippen LogP contribution in [0.5, 0.6) is 0 Å². The first-order chi connectivity index (χ1) is 9.65. The van der Waals surface area contributed by atoms with Crippen molar-refractivity contribution in [2.45, 2.75) is 19.3 Å². The van der Waals surface area contributed by atoms with Crippen molar-refractivity contribution in [3.8, 4) is 0 Å². The molecule has 0 bridgehead atoms. The van der Waals surface area contributed by atoms with Crippen LogP contribution in [0.2, 0.25) is 0 Å². The van der Waals surface area contributed by atoms with E-state index in [1.807, 2.05) is 24.4 Å². The number of ketones is 1. The Morgan fingerprint density at radius 2 is 2.10 bits per heavy atom. The lowest BCUT2D eigenvalue weighted by Gasteiger charge is -2.13. The summed E-state index contributed by atoms with van der Waals surface area (Å²) in [6.07, 6.45) is 2.57. The summed E-state index contributed by atoms with van der Waals surface area (Å²) in [6.45, 7) is 1.66. The number of H-pyrrole nitrogens is 1.